The van der Waals surface area contributed by atoms with Gasteiger partial charge in [-0.15, -0.1) is 0 Å². The summed E-state index contributed by atoms with van der Waals surface area (Å²) in [6, 6.07) is 2.42. The third kappa shape index (κ3) is 3.27. The van der Waals surface area contributed by atoms with Crippen LogP contribution in [-0.4, -0.2) is 31.0 Å². The molecule has 0 radical (unpaired) electrons. The molecule has 1 aromatic rings. The maximum atomic E-state index is 11.8. The number of pyridine rings is 1. The van der Waals surface area contributed by atoms with E-state index in [1.807, 2.05) is 0 Å². The van der Waals surface area contributed by atoms with E-state index in [1.54, 1.807) is 0 Å². The number of hydrogen-bond donors (Lipinski definition) is 2. The van der Waals surface area contributed by atoms with Crippen molar-refractivity contribution in [1.29, 1.82) is 0 Å². The van der Waals surface area contributed by atoms with Crippen LogP contribution in [0.3, 0.4) is 0 Å². The van der Waals surface area contributed by atoms with Crippen LogP contribution in [0.2, 0.25) is 0 Å². The Kier molecular flexibility index (Phi) is 3.63. The van der Waals surface area contributed by atoms with E-state index >= 15 is 0 Å². The van der Waals surface area contributed by atoms with Gasteiger partial charge in [-0.05, 0) is 24.5 Å². The highest BCUT2D eigenvalue weighted by atomic mass is 32.2. The summed E-state index contributed by atoms with van der Waals surface area (Å²) < 4.78 is 26.0. The number of carboxylic acids is 1. The van der Waals surface area contributed by atoms with E-state index in [4.69, 9.17) is 5.11 Å². The Morgan fingerprint density at radius 2 is 2.17 bits per heavy atom. The molecule has 1 fully saturated rings. The summed E-state index contributed by atoms with van der Waals surface area (Å²) in [5.41, 5.74) is -0.0352. The predicted molar refractivity (Wildman–Crippen MR) is 63.7 cm³/mol. The highest BCUT2D eigenvalue weighted by molar-refractivity contribution is 7.89. The van der Waals surface area contributed by atoms with Crippen molar-refractivity contribution in [2.45, 2.75) is 24.3 Å². The molecule has 18 heavy (non-hydrogen) atoms. The van der Waals surface area contributed by atoms with Gasteiger partial charge in [-0.25, -0.2) is 22.9 Å². The SMILES string of the molecule is O=C(O)c1ccc(S(=O)(=O)NCCC2CC2)nc1. The standard InChI is InChI=1S/C11H14N2O4S/c14-11(15)9-3-4-10(12-7-9)18(16,17)13-6-5-8-1-2-8/h3-4,7-8,13H,1-2,5-6H2,(H,14,15). The lowest BCUT2D eigenvalue weighted by atomic mass is 10.3. The second kappa shape index (κ2) is 5.03. The van der Waals surface area contributed by atoms with Gasteiger partial charge in [-0.2, -0.15) is 0 Å². The molecule has 1 heterocycles. The van der Waals surface area contributed by atoms with E-state index in [1.165, 1.54) is 25.0 Å². The van der Waals surface area contributed by atoms with Crippen LogP contribution in [0, 0.1) is 5.92 Å². The predicted octanol–water partition coefficient (Wildman–Crippen LogP) is 0.858. The molecule has 98 valence electrons. The fourth-order valence-electron chi connectivity index (χ4n) is 1.54. The monoisotopic (exact) mass is 270 g/mol. The Bertz CT molecular complexity index is 535. The molecule has 2 rings (SSSR count). The van der Waals surface area contributed by atoms with Crippen molar-refractivity contribution < 1.29 is 18.3 Å². The number of aromatic nitrogens is 1. The smallest absolute Gasteiger partial charge is 0.337 e. The fraction of sp³-hybridized carbons (Fsp3) is 0.455. The summed E-state index contributed by atoms with van der Waals surface area (Å²) in [7, 11) is -3.62. The van der Waals surface area contributed by atoms with Gasteiger partial charge >= 0.3 is 5.97 Å². The van der Waals surface area contributed by atoms with Crippen molar-refractivity contribution in [3.8, 4) is 0 Å². The van der Waals surface area contributed by atoms with Crippen LogP contribution in [-0.2, 0) is 10.0 Å². The van der Waals surface area contributed by atoms with Gasteiger partial charge in [-0.1, -0.05) is 12.8 Å². The van der Waals surface area contributed by atoms with E-state index in [0.717, 1.165) is 12.6 Å². The molecule has 2 N–H and O–H groups in total. The molecule has 0 aliphatic heterocycles. The molecule has 7 heteroatoms. The molecule has 0 aromatic carbocycles. The summed E-state index contributed by atoms with van der Waals surface area (Å²) >= 11 is 0. The zero-order chi connectivity index (χ0) is 13.2. The molecule has 0 atom stereocenters. The molecular weight excluding hydrogens is 256 g/mol. The number of carboxylic acid groups (broad SMARTS) is 1. The van der Waals surface area contributed by atoms with Gasteiger partial charge in [0.25, 0.3) is 10.0 Å². The molecule has 1 aliphatic rings. The van der Waals surface area contributed by atoms with Crippen molar-refractivity contribution in [1.82, 2.24) is 9.71 Å². The first-order valence-electron chi connectivity index (χ1n) is 5.68. The largest absolute Gasteiger partial charge is 0.478 e. The molecule has 1 saturated carbocycles. The van der Waals surface area contributed by atoms with Crippen molar-refractivity contribution in [3.05, 3.63) is 23.9 Å². The van der Waals surface area contributed by atoms with E-state index in [2.05, 4.69) is 9.71 Å². The molecule has 0 amide bonds. The van der Waals surface area contributed by atoms with Gasteiger partial charge in [0.15, 0.2) is 5.03 Å². The number of carbonyl (C=O) groups is 1. The molecular formula is C11H14N2O4S. The van der Waals surface area contributed by atoms with Crippen molar-refractivity contribution in [2.24, 2.45) is 5.92 Å². The summed E-state index contributed by atoms with van der Waals surface area (Å²) in [6.45, 7) is 0.398. The highest BCUT2D eigenvalue weighted by Crippen LogP contribution is 2.31. The maximum absolute atomic E-state index is 11.8. The minimum atomic E-state index is -3.62. The van der Waals surface area contributed by atoms with Crippen LogP contribution in [0.15, 0.2) is 23.4 Å². The molecule has 0 saturated heterocycles. The lowest BCUT2D eigenvalue weighted by Gasteiger charge is -2.05. The molecule has 0 spiro atoms. The fourth-order valence-corrected chi connectivity index (χ4v) is 2.52. The second-order valence-corrected chi connectivity index (χ2v) is 6.03. The molecule has 6 nitrogen and oxygen atoms in total. The van der Waals surface area contributed by atoms with Crippen LogP contribution in [0.1, 0.15) is 29.6 Å². The van der Waals surface area contributed by atoms with Gasteiger partial charge in [0, 0.05) is 12.7 Å². The first kappa shape index (κ1) is 13.0. The topological polar surface area (TPSA) is 96.4 Å². The number of aromatic carboxylic acids is 1. The minimum absolute atomic E-state index is 0.0352. The summed E-state index contributed by atoms with van der Waals surface area (Å²) in [4.78, 5) is 14.3. The lowest BCUT2D eigenvalue weighted by molar-refractivity contribution is 0.0696. The van der Waals surface area contributed by atoms with Crippen LogP contribution in [0.25, 0.3) is 0 Å². The third-order valence-electron chi connectivity index (χ3n) is 2.80. The Morgan fingerprint density at radius 1 is 1.44 bits per heavy atom. The van der Waals surface area contributed by atoms with E-state index in [-0.39, 0.29) is 10.6 Å². The van der Waals surface area contributed by atoms with Crippen molar-refractivity contribution in [2.75, 3.05) is 6.54 Å². The molecule has 0 bridgehead atoms. The van der Waals surface area contributed by atoms with Crippen LogP contribution in [0.4, 0.5) is 0 Å². The number of rotatable bonds is 6. The van der Waals surface area contributed by atoms with Gasteiger partial charge in [0.05, 0.1) is 5.56 Å². The quantitative estimate of drug-likeness (QED) is 0.799. The molecule has 1 aromatic heterocycles. The molecule has 0 unspecified atom stereocenters. The van der Waals surface area contributed by atoms with Gasteiger partial charge in [0.1, 0.15) is 0 Å². The van der Waals surface area contributed by atoms with Crippen LogP contribution in [0.5, 0.6) is 0 Å². The van der Waals surface area contributed by atoms with Crippen molar-refractivity contribution >= 4 is 16.0 Å². The zero-order valence-corrected chi connectivity index (χ0v) is 10.5. The molecule has 1 aliphatic carbocycles. The third-order valence-corrected chi connectivity index (χ3v) is 4.18. The Morgan fingerprint density at radius 3 is 2.67 bits per heavy atom. The minimum Gasteiger partial charge on any atom is -0.478 e. The number of sulfonamides is 1. The van der Waals surface area contributed by atoms with Gasteiger partial charge < -0.3 is 5.11 Å². The first-order valence-corrected chi connectivity index (χ1v) is 7.16. The number of nitrogens with one attached hydrogen (secondary N) is 1. The Labute approximate surface area is 105 Å². The number of nitrogens with zero attached hydrogens (tertiary/aromatic N) is 1. The van der Waals surface area contributed by atoms with Crippen LogP contribution < -0.4 is 4.72 Å². The zero-order valence-electron chi connectivity index (χ0n) is 9.67. The average Bonchev–Trinajstić information content (AvgIpc) is 3.13. The van der Waals surface area contributed by atoms with E-state index < -0.39 is 16.0 Å². The normalized spacial score (nSPS) is 15.6. The summed E-state index contributed by atoms with van der Waals surface area (Å²) in [6.07, 6.45) is 4.23. The summed E-state index contributed by atoms with van der Waals surface area (Å²) in [5, 5.41) is 8.53. The van der Waals surface area contributed by atoms with E-state index in [9.17, 15) is 13.2 Å². The van der Waals surface area contributed by atoms with Gasteiger partial charge in [0.2, 0.25) is 0 Å². The number of hydrogen-bond acceptors (Lipinski definition) is 4. The van der Waals surface area contributed by atoms with E-state index in [0.29, 0.717) is 12.5 Å². The van der Waals surface area contributed by atoms with Crippen molar-refractivity contribution in [3.63, 3.8) is 0 Å². The Hall–Kier alpha value is -1.47. The average molecular weight is 270 g/mol. The Balaban J connectivity index is 2.01. The second-order valence-electron chi connectivity index (χ2n) is 4.32. The van der Waals surface area contributed by atoms with Gasteiger partial charge in [-0.3, -0.25) is 0 Å². The van der Waals surface area contributed by atoms with Crippen LogP contribution >= 0.6 is 0 Å². The highest BCUT2D eigenvalue weighted by Gasteiger charge is 2.22. The maximum Gasteiger partial charge on any atom is 0.337 e. The summed E-state index contributed by atoms with van der Waals surface area (Å²) in [5.74, 6) is -0.483. The first-order chi connectivity index (χ1) is 8.49. The lowest BCUT2D eigenvalue weighted by Crippen LogP contribution is -2.26.